The van der Waals surface area contributed by atoms with Gasteiger partial charge in [0.2, 0.25) is 0 Å². The van der Waals surface area contributed by atoms with Crippen LogP contribution in [0, 0.1) is 0 Å². The Morgan fingerprint density at radius 3 is 1.59 bits per heavy atom. The van der Waals surface area contributed by atoms with Crippen LogP contribution in [0.25, 0.3) is 99.6 Å². The van der Waals surface area contributed by atoms with Crippen molar-refractivity contribution in [1.82, 2.24) is 15.0 Å². The van der Waals surface area contributed by atoms with Gasteiger partial charge >= 0.3 is 0 Å². The van der Waals surface area contributed by atoms with Crippen LogP contribution < -0.4 is 0 Å². The van der Waals surface area contributed by atoms with Gasteiger partial charge in [-0.15, -0.1) is 0 Å². The molecular formula is C41H23N3O2. The Bertz CT molecular complexity index is 2810. The Morgan fingerprint density at radius 2 is 0.826 bits per heavy atom. The Hall–Kier alpha value is -6.33. The minimum atomic E-state index is 0.591. The highest BCUT2D eigenvalue weighted by atomic mass is 16.3. The van der Waals surface area contributed by atoms with Crippen LogP contribution in [0.1, 0.15) is 0 Å². The predicted octanol–water partition coefficient (Wildman–Crippen LogP) is 11.0. The van der Waals surface area contributed by atoms with E-state index in [1.165, 1.54) is 0 Å². The number of fused-ring (bicyclic) bond motifs is 9. The maximum atomic E-state index is 6.26. The molecular weight excluding hydrogens is 566 g/mol. The van der Waals surface area contributed by atoms with Crippen molar-refractivity contribution < 1.29 is 8.83 Å². The molecule has 0 amide bonds. The van der Waals surface area contributed by atoms with E-state index < -0.39 is 0 Å². The molecule has 3 aromatic heterocycles. The van der Waals surface area contributed by atoms with Crippen LogP contribution in [0.4, 0.5) is 0 Å². The van der Waals surface area contributed by atoms with E-state index >= 15 is 0 Å². The van der Waals surface area contributed by atoms with Gasteiger partial charge in [-0.25, -0.2) is 15.0 Å². The standard InChI is InChI=1S/C41H23N3O2/c1-2-8-25(9-3-1)39-42-40(44-41(43-39)28-18-19-31-29-10-4-6-12-35(29)45-37(31)22-28)27-17-15-24-14-16-26-20-34-30-11-5-7-13-36(30)46-38(34)23-33(26)32(24)21-27/h1-23H. The molecule has 214 valence electrons. The van der Waals surface area contributed by atoms with Gasteiger partial charge in [0.05, 0.1) is 0 Å². The van der Waals surface area contributed by atoms with Gasteiger partial charge in [-0.3, -0.25) is 0 Å². The third-order valence-electron chi connectivity index (χ3n) is 8.90. The van der Waals surface area contributed by atoms with E-state index in [1.807, 2.05) is 66.7 Å². The number of rotatable bonds is 3. The predicted molar refractivity (Wildman–Crippen MR) is 186 cm³/mol. The van der Waals surface area contributed by atoms with Crippen LogP contribution in [-0.2, 0) is 0 Å². The summed E-state index contributed by atoms with van der Waals surface area (Å²) in [6, 6.07) is 47.6. The third kappa shape index (κ3) is 3.85. The molecule has 0 saturated heterocycles. The summed E-state index contributed by atoms with van der Waals surface area (Å²) in [5.74, 6) is 1.82. The number of aromatic nitrogens is 3. The molecule has 0 unspecified atom stereocenters. The normalized spacial score (nSPS) is 11.9. The summed E-state index contributed by atoms with van der Waals surface area (Å²) in [4.78, 5) is 15.0. The number of nitrogens with zero attached hydrogens (tertiary/aromatic N) is 3. The summed E-state index contributed by atoms with van der Waals surface area (Å²) in [6.07, 6.45) is 0. The number of benzene rings is 7. The van der Waals surface area contributed by atoms with Crippen molar-refractivity contribution in [2.75, 3.05) is 0 Å². The van der Waals surface area contributed by atoms with Gasteiger partial charge in [-0.2, -0.15) is 0 Å². The Balaban J connectivity index is 1.18. The van der Waals surface area contributed by atoms with Crippen molar-refractivity contribution in [2.45, 2.75) is 0 Å². The second kappa shape index (κ2) is 9.58. The number of para-hydroxylation sites is 2. The van der Waals surface area contributed by atoms with Crippen molar-refractivity contribution in [3.8, 4) is 34.2 Å². The van der Waals surface area contributed by atoms with E-state index in [2.05, 4.69) is 72.8 Å². The maximum Gasteiger partial charge on any atom is 0.164 e. The lowest BCUT2D eigenvalue weighted by molar-refractivity contribution is 0.669. The van der Waals surface area contributed by atoms with E-state index in [1.54, 1.807) is 0 Å². The van der Waals surface area contributed by atoms with Crippen molar-refractivity contribution in [3.05, 3.63) is 140 Å². The van der Waals surface area contributed by atoms with Gasteiger partial charge in [0.25, 0.3) is 0 Å². The summed E-state index contributed by atoms with van der Waals surface area (Å²) in [5.41, 5.74) is 6.14. The highest BCUT2D eigenvalue weighted by molar-refractivity contribution is 6.16. The summed E-state index contributed by atoms with van der Waals surface area (Å²) in [7, 11) is 0. The molecule has 46 heavy (non-hydrogen) atoms. The molecule has 0 fully saturated rings. The largest absolute Gasteiger partial charge is 0.456 e. The zero-order valence-corrected chi connectivity index (χ0v) is 24.4. The third-order valence-corrected chi connectivity index (χ3v) is 8.90. The first-order valence-electron chi connectivity index (χ1n) is 15.3. The molecule has 0 atom stereocenters. The lowest BCUT2D eigenvalue weighted by Gasteiger charge is -2.10. The molecule has 10 aromatic rings. The van der Waals surface area contributed by atoms with Gasteiger partial charge in [-0.05, 0) is 64.0 Å². The minimum Gasteiger partial charge on any atom is -0.456 e. The van der Waals surface area contributed by atoms with E-state index in [0.717, 1.165) is 82.1 Å². The summed E-state index contributed by atoms with van der Waals surface area (Å²) >= 11 is 0. The number of hydrogen-bond donors (Lipinski definition) is 0. The van der Waals surface area contributed by atoms with Gasteiger partial charge < -0.3 is 8.83 Å². The van der Waals surface area contributed by atoms with Crippen LogP contribution in [0.2, 0.25) is 0 Å². The molecule has 3 heterocycles. The van der Waals surface area contributed by atoms with E-state index in [9.17, 15) is 0 Å². The lowest BCUT2D eigenvalue weighted by Crippen LogP contribution is -2.00. The molecule has 0 aliphatic rings. The van der Waals surface area contributed by atoms with Crippen molar-refractivity contribution in [1.29, 1.82) is 0 Å². The second-order valence-corrected chi connectivity index (χ2v) is 11.7. The summed E-state index contributed by atoms with van der Waals surface area (Å²) < 4.78 is 12.5. The lowest BCUT2D eigenvalue weighted by atomic mass is 9.98. The van der Waals surface area contributed by atoms with Crippen molar-refractivity contribution in [2.24, 2.45) is 0 Å². The Labute approximate surface area is 262 Å². The van der Waals surface area contributed by atoms with E-state index in [4.69, 9.17) is 23.8 Å². The second-order valence-electron chi connectivity index (χ2n) is 11.7. The first kappa shape index (κ1) is 25.0. The average molecular weight is 590 g/mol. The smallest absolute Gasteiger partial charge is 0.164 e. The van der Waals surface area contributed by atoms with Crippen molar-refractivity contribution in [3.63, 3.8) is 0 Å². The molecule has 0 aliphatic heterocycles. The van der Waals surface area contributed by atoms with Crippen LogP contribution >= 0.6 is 0 Å². The Kier molecular flexibility index (Phi) is 5.22. The summed E-state index contributed by atoms with van der Waals surface area (Å²) in [6.45, 7) is 0. The highest BCUT2D eigenvalue weighted by Gasteiger charge is 2.16. The first-order chi connectivity index (χ1) is 22.7. The molecule has 0 bridgehead atoms. The molecule has 5 heteroatoms. The molecule has 0 spiro atoms. The van der Waals surface area contributed by atoms with Gasteiger partial charge in [-0.1, -0.05) is 97.1 Å². The molecule has 0 N–H and O–H groups in total. The first-order valence-corrected chi connectivity index (χ1v) is 15.3. The maximum absolute atomic E-state index is 6.26. The molecule has 7 aromatic carbocycles. The molecule has 10 rings (SSSR count). The van der Waals surface area contributed by atoms with E-state index in [0.29, 0.717) is 17.5 Å². The minimum absolute atomic E-state index is 0.591. The monoisotopic (exact) mass is 589 g/mol. The molecule has 0 aliphatic carbocycles. The fraction of sp³-hybridized carbons (Fsp3) is 0. The van der Waals surface area contributed by atoms with Crippen LogP contribution in [-0.4, -0.2) is 15.0 Å². The van der Waals surface area contributed by atoms with Crippen LogP contribution in [0.5, 0.6) is 0 Å². The van der Waals surface area contributed by atoms with E-state index in [-0.39, 0.29) is 0 Å². The number of furan rings is 2. The van der Waals surface area contributed by atoms with Crippen LogP contribution in [0.3, 0.4) is 0 Å². The van der Waals surface area contributed by atoms with Gasteiger partial charge in [0.15, 0.2) is 17.5 Å². The molecule has 5 nitrogen and oxygen atoms in total. The fourth-order valence-corrected chi connectivity index (χ4v) is 6.63. The van der Waals surface area contributed by atoms with Gasteiger partial charge in [0, 0.05) is 38.2 Å². The SMILES string of the molecule is c1ccc(-c2nc(-c3ccc4c(c3)oc3ccccc34)nc(-c3ccc4ccc5cc6c(cc5c4c3)oc3ccccc36)n2)cc1. The van der Waals surface area contributed by atoms with Crippen LogP contribution in [0.15, 0.2) is 148 Å². The quantitative estimate of drug-likeness (QED) is 0.192. The molecule has 0 saturated carbocycles. The summed E-state index contributed by atoms with van der Waals surface area (Å²) in [5, 5.41) is 8.94. The topological polar surface area (TPSA) is 65.0 Å². The van der Waals surface area contributed by atoms with Gasteiger partial charge in [0.1, 0.15) is 22.3 Å². The average Bonchev–Trinajstić information content (AvgIpc) is 3.68. The van der Waals surface area contributed by atoms with Crippen molar-refractivity contribution >= 4 is 65.4 Å². The number of hydrogen-bond acceptors (Lipinski definition) is 5. The zero-order chi connectivity index (χ0) is 30.2. The fourth-order valence-electron chi connectivity index (χ4n) is 6.63. The Morgan fingerprint density at radius 1 is 0.304 bits per heavy atom. The highest BCUT2D eigenvalue weighted by Crippen LogP contribution is 2.37. The molecule has 0 radical (unpaired) electrons. The zero-order valence-electron chi connectivity index (χ0n) is 24.4.